The van der Waals surface area contributed by atoms with Crippen molar-refractivity contribution in [3.05, 3.63) is 131 Å². The largest absolute Gasteiger partial charge is 0.477 e. The van der Waals surface area contributed by atoms with Gasteiger partial charge in [0.05, 0.1) is 11.1 Å². The van der Waals surface area contributed by atoms with Crippen LogP contribution in [0.3, 0.4) is 0 Å². The minimum Gasteiger partial charge on any atom is -0.477 e. The molecule has 0 aliphatic carbocycles. The molecule has 0 fully saturated rings. The van der Waals surface area contributed by atoms with Gasteiger partial charge in [-0.15, -0.1) is 0 Å². The van der Waals surface area contributed by atoms with Gasteiger partial charge in [-0.3, -0.25) is 9.78 Å². The first kappa shape index (κ1) is 30.3. The summed E-state index contributed by atoms with van der Waals surface area (Å²) < 4.78 is 70.1. The first-order chi connectivity index (χ1) is 20.9. The minimum absolute atomic E-state index is 0.128. The summed E-state index contributed by atoms with van der Waals surface area (Å²) in [4.78, 5) is 28.8. The summed E-state index contributed by atoms with van der Waals surface area (Å²) in [6.07, 6.45) is -3.31. The van der Waals surface area contributed by atoms with E-state index in [0.29, 0.717) is 22.4 Å². The quantitative estimate of drug-likeness (QED) is 0.130. The van der Waals surface area contributed by atoms with E-state index < -0.39 is 35.0 Å². The number of para-hydroxylation sites is 1. The summed E-state index contributed by atoms with van der Waals surface area (Å²) in [6.45, 7) is 1.83. The Balaban J connectivity index is 1.56. The summed E-state index contributed by atoms with van der Waals surface area (Å²) in [7, 11) is 0. The molecule has 5 rings (SSSR count). The molecule has 5 aromatic rings. The average molecular weight is 605 g/mol. The van der Waals surface area contributed by atoms with E-state index in [-0.39, 0.29) is 40.6 Å². The maximum absolute atomic E-state index is 14.2. The molecule has 0 saturated carbocycles. The summed E-state index contributed by atoms with van der Waals surface area (Å²) in [5, 5.41) is 12.3. The van der Waals surface area contributed by atoms with Crippen LogP contribution in [0.25, 0.3) is 22.0 Å². The van der Waals surface area contributed by atoms with Crippen molar-refractivity contribution >= 4 is 28.3 Å². The van der Waals surface area contributed by atoms with Gasteiger partial charge in [-0.05, 0) is 41.3 Å². The summed E-state index contributed by atoms with van der Waals surface area (Å²) in [5.41, 5.74) is 0.796. The van der Waals surface area contributed by atoms with E-state index in [1.807, 2.05) is 0 Å². The molecule has 0 radical (unpaired) electrons. The summed E-state index contributed by atoms with van der Waals surface area (Å²) >= 11 is 0. The number of aliphatic carboxylic acids is 1. The Morgan fingerprint density at radius 1 is 0.841 bits per heavy atom. The second-order valence-electron chi connectivity index (χ2n) is 10.1. The van der Waals surface area contributed by atoms with Gasteiger partial charge in [0.15, 0.2) is 5.78 Å². The van der Waals surface area contributed by atoms with E-state index in [1.165, 1.54) is 30.5 Å². The van der Waals surface area contributed by atoms with Crippen LogP contribution >= 0.6 is 0 Å². The third kappa shape index (κ3) is 5.88. The number of pyridine rings is 1. The lowest BCUT2D eigenvalue weighted by atomic mass is 9.91. The molecule has 224 valence electrons. The molecule has 0 bridgehead atoms. The number of carboxylic acids is 1. The van der Waals surface area contributed by atoms with E-state index in [9.17, 15) is 31.5 Å². The number of aryl methyl sites for hydroxylation is 1. The first-order valence-corrected chi connectivity index (χ1v) is 13.6. The number of rotatable bonds is 9. The number of nitrogens with zero attached hydrogens (tertiary/aromatic N) is 1. The van der Waals surface area contributed by atoms with E-state index >= 15 is 0 Å². The fourth-order valence-corrected chi connectivity index (χ4v) is 5.14. The number of carbonyl (C=O) groups excluding carboxylic acids is 1. The molecule has 10 heteroatoms. The maximum atomic E-state index is 14.2. The number of anilines is 1. The SMILES string of the molecule is CCc1cc(CNc2cccc(-c3c(C(=O)c4ccccc4)cnc4c(C(F)(F)F)cccc34)c2)ccc1C(F)(F)C(=O)O. The highest BCUT2D eigenvalue weighted by Crippen LogP contribution is 2.39. The second kappa shape index (κ2) is 11.9. The molecule has 0 atom stereocenters. The lowest BCUT2D eigenvalue weighted by Crippen LogP contribution is -2.26. The van der Waals surface area contributed by atoms with Crippen molar-refractivity contribution in [3.8, 4) is 11.1 Å². The number of halogens is 5. The van der Waals surface area contributed by atoms with E-state index in [2.05, 4.69) is 10.3 Å². The summed E-state index contributed by atoms with van der Waals surface area (Å²) in [6, 6.07) is 22.9. The zero-order valence-electron chi connectivity index (χ0n) is 23.3. The van der Waals surface area contributed by atoms with Crippen LogP contribution in [-0.2, 0) is 29.9 Å². The van der Waals surface area contributed by atoms with Gasteiger partial charge in [-0.1, -0.05) is 79.7 Å². The van der Waals surface area contributed by atoms with Gasteiger partial charge < -0.3 is 10.4 Å². The standard InChI is InChI=1S/C34H25F5N2O3/c1-2-21-16-20(14-15-27(21)33(35,36)32(43)44)18-40-24-11-6-10-23(17-24)29-25-12-7-13-28(34(37,38)39)30(25)41-19-26(29)31(42)22-8-4-3-5-9-22/h3-17,19,40H,2,18H2,1H3,(H,43,44). The van der Waals surface area contributed by atoms with Crippen LogP contribution in [0.15, 0.2) is 97.2 Å². The minimum atomic E-state index is -4.67. The summed E-state index contributed by atoms with van der Waals surface area (Å²) in [5.74, 6) is -6.66. The normalized spacial score (nSPS) is 11.9. The second-order valence-corrected chi connectivity index (χ2v) is 10.1. The van der Waals surface area contributed by atoms with E-state index in [4.69, 9.17) is 5.11 Å². The molecule has 2 N–H and O–H groups in total. The van der Waals surface area contributed by atoms with E-state index in [1.54, 1.807) is 61.5 Å². The van der Waals surface area contributed by atoms with Gasteiger partial charge in [0.25, 0.3) is 0 Å². The molecule has 0 amide bonds. The van der Waals surface area contributed by atoms with Crippen molar-refractivity contribution in [3.63, 3.8) is 0 Å². The highest BCUT2D eigenvalue weighted by Gasteiger charge is 2.42. The van der Waals surface area contributed by atoms with Crippen LogP contribution < -0.4 is 5.32 Å². The Bertz CT molecular complexity index is 1870. The monoisotopic (exact) mass is 604 g/mol. The van der Waals surface area contributed by atoms with Crippen molar-refractivity contribution < 1.29 is 36.6 Å². The zero-order chi connectivity index (χ0) is 31.6. The number of nitrogens with one attached hydrogen (secondary N) is 1. The molecular weight excluding hydrogens is 579 g/mol. The fraction of sp³-hybridized carbons (Fsp3) is 0.147. The average Bonchev–Trinajstić information content (AvgIpc) is 3.02. The van der Waals surface area contributed by atoms with Gasteiger partial charge >= 0.3 is 18.1 Å². The van der Waals surface area contributed by atoms with Gasteiger partial charge in [-0.2, -0.15) is 22.0 Å². The molecule has 0 aliphatic heterocycles. The number of ketones is 1. The van der Waals surface area contributed by atoms with Crippen LogP contribution in [0.2, 0.25) is 0 Å². The van der Waals surface area contributed by atoms with Gasteiger partial charge in [0.1, 0.15) is 0 Å². The molecule has 1 heterocycles. The number of benzene rings is 4. The molecule has 0 aliphatic rings. The van der Waals surface area contributed by atoms with Crippen LogP contribution in [0.1, 0.15) is 45.1 Å². The molecule has 5 nitrogen and oxygen atoms in total. The number of carbonyl (C=O) groups is 2. The van der Waals surface area contributed by atoms with E-state index in [0.717, 1.165) is 12.1 Å². The Hall–Kier alpha value is -5.12. The number of fused-ring (bicyclic) bond motifs is 1. The zero-order valence-corrected chi connectivity index (χ0v) is 23.3. The van der Waals surface area contributed by atoms with Crippen molar-refractivity contribution in [2.75, 3.05) is 5.32 Å². The molecule has 0 unspecified atom stereocenters. The predicted molar refractivity (Wildman–Crippen MR) is 157 cm³/mol. The Kier molecular flexibility index (Phi) is 8.19. The molecule has 44 heavy (non-hydrogen) atoms. The van der Waals surface area contributed by atoms with Crippen molar-refractivity contribution in [2.24, 2.45) is 0 Å². The van der Waals surface area contributed by atoms with Crippen LogP contribution in [-0.4, -0.2) is 21.8 Å². The molecule has 1 aromatic heterocycles. The van der Waals surface area contributed by atoms with Crippen molar-refractivity contribution in [1.82, 2.24) is 4.98 Å². The number of aromatic nitrogens is 1. The topological polar surface area (TPSA) is 79.3 Å². The third-order valence-corrected chi connectivity index (χ3v) is 7.29. The maximum Gasteiger partial charge on any atom is 0.418 e. The Labute approximate surface area is 249 Å². The van der Waals surface area contributed by atoms with Crippen molar-refractivity contribution in [1.29, 1.82) is 0 Å². The number of hydrogen-bond acceptors (Lipinski definition) is 4. The number of hydrogen-bond donors (Lipinski definition) is 2. The van der Waals surface area contributed by atoms with Crippen LogP contribution in [0.5, 0.6) is 0 Å². The van der Waals surface area contributed by atoms with Crippen molar-refractivity contribution in [2.45, 2.75) is 32.0 Å². The van der Waals surface area contributed by atoms with Crippen LogP contribution in [0, 0.1) is 0 Å². The van der Waals surface area contributed by atoms with Crippen LogP contribution in [0.4, 0.5) is 27.6 Å². The highest BCUT2D eigenvalue weighted by atomic mass is 19.4. The van der Waals surface area contributed by atoms with Gasteiger partial charge in [-0.25, -0.2) is 4.79 Å². The smallest absolute Gasteiger partial charge is 0.418 e. The third-order valence-electron chi connectivity index (χ3n) is 7.29. The molecule has 4 aromatic carbocycles. The Morgan fingerprint density at radius 3 is 2.25 bits per heavy atom. The molecule has 0 saturated heterocycles. The fourth-order valence-electron chi connectivity index (χ4n) is 5.14. The van der Waals surface area contributed by atoms with Gasteiger partial charge in [0.2, 0.25) is 0 Å². The first-order valence-electron chi connectivity index (χ1n) is 13.6. The Morgan fingerprint density at radius 2 is 1.57 bits per heavy atom. The number of alkyl halides is 5. The molecule has 0 spiro atoms. The highest BCUT2D eigenvalue weighted by molar-refractivity contribution is 6.16. The lowest BCUT2D eigenvalue weighted by Gasteiger charge is -2.18. The lowest BCUT2D eigenvalue weighted by molar-refractivity contribution is -0.166. The molecular formula is C34H25F5N2O3. The van der Waals surface area contributed by atoms with Gasteiger partial charge in [0, 0.05) is 46.1 Å². The number of carboxylic acid groups (broad SMARTS) is 1. The predicted octanol–water partition coefficient (Wildman–Crippen LogP) is 8.50.